The number of nitrogens with zero attached hydrogens (tertiary/aromatic N) is 1. The Hall–Kier alpha value is -2.77. The first kappa shape index (κ1) is 25.3. The smallest absolute Gasteiger partial charge is 0.417 e. The molecule has 8 heteroatoms. The van der Waals surface area contributed by atoms with Crippen LogP contribution in [0.4, 0.5) is 15.3 Å². The minimum atomic E-state index is -0.637. The molecular formula is C22H36N4O4. The molecule has 0 aliphatic rings. The number of carbonyl (C=O) groups is 2. The SMILES string of the molecule is CCN(C(=N)Nc1cccc(CCNC(=O)OC(C)(C)C)c1C)C(=O)OC(C)(C)C. The molecule has 0 aliphatic heterocycles. The van der Waals surface area contributed by atoms with Gasteiger partial charge in [0.25, 0.3) is 0 Å². The summed E-state index contributed by atoms with van der Waals surface area (Å²) in [6.07, 6.45) is -0.415. The molecule has 0 saturated heterocycles. The zero-order chi connectivity index (χ0) is 23.1. The zero-order valence-electron chi connectivity index (χ0n) is 19.4. The van der Waals surface area contributed by atoms with Crippen molar-refractivity contribution in [3.05, 3.63) is 29.3 Å². The summed E-state index contributed by atoms with van der Waals surface area (Å²) in [5, 5.41) is 14.0. The van der Waals surface area contributed by atoms with E-state index in [0.717, 1.165) is 16.8 Å². The summed E-state index contributed by atoms with van der Waals surface area (Å²) in [7, 11) is 0. The maximum absolute atomic E-state index is 12.3. The molecule has 30 heavy (non-hydrogen) atoms. The van der Waals surface area contributed by atoms with Crippen molar-refractivity contribution >= 4 is 23.8 Å². The third-order valence-electron chi connectivity index (χ3n) is 3.96. The van der Waals surface area contributed by atoms with E-state index in [1.807, 2.05) is 45.9 Å². The van der Waals surface area contributed by atoms with Gasteiger partial charge in [-0.05, 0) is 79.0 Å². The summed E-state index contributed by atoms with van der Waals surface area (Å²) < 4.78 is 10.6. The van der Waals surface area contributed by atoms with Gasteiger partial charge >= 0.3 is 12.2 Å². The van der Waals surface area contributed by atoms with E-state index < -0.39 is 23.4 Å². The molecule has 0 fully saturated rings. The molecule has 0 atom stereocenters. The van der Waals surface area contributed by atoms with Crippen molar-refractivity contribution in [1.29, 1.82) is 5.41 Å². The maximum Gasteiger partial charge on any atom is 0.417 e. The van der Waals surface area contributed by atoms with Crippen molar-refractivity contribution in [3.63, 3.8) is 0 Å². The van der Waals surface area contributed by atoms with Gasteiger partial charge in [-0.1, -0.05) is 12.1 Å². The Morgan fingerprint density at radius 1 is 1.07 bits per heavy atom. The van der Waals surface area contributed by atoms with Crippen LogP contribution in [-0.2, 0) is 15.9 Å². The number of alkyl carbamates (subject to hydrolysis) is 1. The Balaban J connectivity index is 2.77. The zero-order valence-corrected chi connectivity index (χ0v) is 19.4. The van der Waals surface area contributed by atoms with Crippen LogP contribution in [0.1, 0.15) is 59.6 Å². The number of amides is 2. The van der Waals surface area contributed by atoms with Gasteiger partial charge in [-0.25, -0.2) is 14.5 Å². The molecule has 0 aliphatic carbocycles. The molecule has 1 aromatic rings. The van der Waals surface area contributed by atoms with Crippen LogP contribution in [0.5, 0.6) is 0 Å². The lowest BCUT2D eigenvalue weighted by molar-refractivity contribution is 0.0374. The standard InChI is InChI=1S/C22H36N4O4/c1-9-26(20(28)30-22(6,7)8)18(23)25-17-12-10-11-16(15(17)2)13-14-24-19(27)29-21(3,4)5/h10-12H,9,13-14H2,1-8H3,(H2,23,25)(H,24,27). The number of ether oxygens (including phenoxy) is 2. The summed E-state index contributed by atoms with van der Waals surface area (Å²) in [5.74, 6) is -0.0566. The molecule has 0 aromatic heterocycles. The Labute approximate surface area is 179 Å². The molecule has 0 spiro atoms. The first-order chi connectivity index (χ1) is 13.7. The highest BCUT2D eigenvalue weighted by Gasteiger charge is 2.24. The summed E-state index contributed by atoms with van der Waals surface area (Å²) in [6, 6.07) is 5.68. The van der Waals surface area contributed by atoms with Crippen LogP contribution in [-0.4, -0.2) is 47.3 Å². The second kappa shape index (κ2) is 10.3. The lowest BCUT2D eigenvalue weighted by Gasteiger charge is -2.27. The van der Waals surface area contributed by atoms with Crippen LogP contribution in [0, 0.1) is 12.3 Å². The van der Waals surface area contributed by atoms with Crippen LogP contribution in [0.15, 0.2) is 18.2 Å². The van der Waals surface area contributed by atoms with Gasteiger partial charge in [0.05, 0.1) is 0 Å². The molecule has 0 unspecified atom stereocenters. The van der Waals surface area contributed by atoms with Gasteiger partial charge in [0.2, 0.25) is 5.96 Å². The molecule has 1 aromatic carbocycles. The average molecular weight is 421 g/mol. The quantitative estimate of drug-likeness (QED) is 0.474. The average Bonchev–Trinajstić information content (AvgIpc) is 2.55. The monoisotopic (exact) mass is 420 g/mol. The van der Waals surface area contributed by atoms with Crippen LogP contribution in [0.2, 0.25) is 0 Å². The largest absolute Gasteiger partial charge is 0.444 e. The van der Waals surface area contributed by atoms with Crippen LogP contribution >= 0.6 is 0 Å². The predicted molar refractivity (Wildman–Crippen MR) is 119 cm³/mol. The van der Waals surface area contributed by atoms with Crippen LogP contribution in [0.3, 0.4) is 0 Å². The molecule has 3 N–H and O–H groups in total. The maximum atomic E-state index is 12.3. The minimum absolute atomic E-state index is 0.0566. The minimum Gasteiger partial charge on any atom is -0.444 e. The van der Waals surface area contributed by atoms with Crippen molar-refractivity contribution in [2.24, 2.45) is 0 Å². The van der Waals surface area contributed by atoms with Gasteiger partial charge in [0, 0.05) is 18.8 Å². The number of carbonyl (C=O) groups excluding carboxylic acids is 2. The Morgan fingerprint density at radius 3 is 2.20 bits per heavy atom. The third kappa shape index (κ3) is 8.71. The lowest BCUT2D eigenvalue weighted by Crippen LogP contribution is -2.43. The molecule has 0 saturated carbocycles. The molecule has 1 rings (SSSR count). The van der Waals surface area contributed by atoms with Gasteiger partial charge in [0.1, 0.15) is 11.2 Å². The summed E-state index contributed by atoms with van der Waals surface area (Å²) in [6.45, 7) is 15.3. The van der Waals surface area contributed by atoms with Gasteiger partial charge in [-0.2, -0.15) is 0 Å². The fourth-order valence-electron chi connectivity index (χ4n) is 2.59. The topological polar surface area (TPSA) is 104 Å². The van der Waals surface area contributed by atoms with Crippen molar-refractivity contribution < 1.29 is 19.1 Å². The summed E-state index contributed by atoms with van der Waals surface area (Å²) in [4.78, 5) is 25.4. The number of guanidine groups is 1. The van der Waals surface area contributed by atoms with E-state index in [1.54, 1.807) is 27.7 Å². The van der Waals surface area contributed by atoms with Crippen LogP contribution < -0.4 is 10.6 Å². The van der Waals surface area contributed by atoms with E-state index in [-0.39, 0.29) is 5.96 Å². The lowest BCUT2D eigenvalue weighted by atomic mass is 10.0. The number of hydrogen-bond donors (Lipinski definition) is 3. The fraction of sp³-hybridized carbons (Fsp3) is 0.591. The molecule has 0 heterocycles. The van der Waals surface area contributed by atoms with Crippen molar-refractivity contribution in [3.8, 4) is 0 Å². The summed E-state index contributed by atoms with van der Waals surface area (Å²) >= 11 is 0. The number of anilines is 1. The first-order valence-electron chi connectivity index (χ1n) is 10.1. The van der Waals surface area contributed by atoms with E-state index in [1.165, 1.54) is 4.90 Å². The Kier molecular flexibility index (Phi) is 8.69. The number of rotatable bonds is 5. The van der Waals surface area contributed by atoms with E-state index in [4.69, 9.17) is 14.9 Å². The molecule has 0 bridgehead atoms. The van der Waals surface area contributed by atoms with Gasteiger partial charge in [-0.15, -0.1) is 0 Å². The fourth-order valence-corrected chi connectivity index (χ4v) is 2.59. The highest BCUT2D eigenvalue weighted by molar-refractivity contribution is 6.01. The third-order valence-corrected chi connectivity index (χ3v) is 3.96. The predicted octanol–water partition coefficient (Wildman–Crippen LogP) is 4.67. The molecule has 2 amide bonds. The normalized spacial score (nSPS) is 11.5. The van der Waals surface area contributed by atoms with Gasteiger partial charge in [0.15, 0.2) is 0 Å². The first-order valence-corrected chi connectivity index (χ1v) is 10.1. The molecular weight excluding hydrogens is 384 g/mol. The number of benzene rings is 1. The van der Waals surface area contributed by atoms with Crippen molar-refractivity contribution in [2.45, 2.75) is 73.0 Å². The highest BCUT2D eigenvalue weighted by Crippen LogP contribution is 2.20. The second-order valence-corrected chi connectivity index (χ2v) is 8.97. The molecule has 8 nitrogen and oxygen atoms in total. The summed E-state index contributed by atoms with van der Waals surface area (Å²) in [5.41, 5.74) is 1.50. The van der Waals surface area contributed by atoms with E-state index >= 15 is 0 Å². The van der Waals surface area contributed by atoms with Crippen LogP contribution in [0.25, 0.3) is 0 Å². The van der Waals surface area contributed by atoms with E-state index in [9.17, 15) is 9.59 Å². The Morgan fingerprint density at radius 2 is 1.67 bits per heavy atom. The molecule has 0 radical (unpaired) electrons. The highest BCUT2D eigenvalue weighted by atomic mass is 16.6. The van der Waals surface area contributed by atoms with E-state index in [0.29, 0.717) is 19.5 Å². The molecule has 168 valence electrons. The van der Waals surface area contributed by atoms with Gasteiger partial charge < -0.3 is 20.1 Å². The Bertz CT molecular complexity index is 763. The van der Waals surface area contributed by atoms with Crippen molar-refractivity contribution in [2.75, 3.05) is 18.4 Å². The van der Waals surface area contributed by atoms with Crippen molar-refractivity contribution in [1.82, 2.24) is 10.2 Å². The number of nitrogens with one attached hydrogen (secondary N) is 3. The second-order valence-electron chi connectivity index (χ2n) is 8.97. The van der Waals surface area contributed by atoms with Gasteiger partial charge in [-0.3, -0.25) is 5.41 Å². The van der Waals surface area contributed by atoms with E-state index in [2.05, 4.69) is 10.6 Å². The number of hydrogen-bond acceptors (Lipinski definition) is 5.